The minimum Gasteiger partial charge on any atom is -0.473 e. The molecule has 1 fully saturated rings. The van der Waals surface area contributed by atoms with Crippen molar-refractivity contribution in [2.45, 2.75) is 32.9 Å². The summed E-state index contributed by atoms with van der Waals surface area (Å²) in [5.74, 6) is 1.44. The molecular weight excluding hydrogens is 309 g/mol. The molecule has 5 nitrogen and oxygen atoms in total. The van der Waals surface area contributed by atoms with Gasteiger partial charge in [0, 0.05) is 25.7 Å². The van der Waals surface area contributed by atoms with Gasteiger partial charge in [-0.1, -0.05) is 6.07 Å². The molecule has 3 heterocycles. The predicted molar refractivity (Wildman–Crippen MR) is 88.9 cm³/mol. The first-order valence-electron chi connectivity index (χ1n) is 8.34. The van der Waals surface area contributed by atoms with Crippen LogP contribution in [-0.2, 0) is 13.2 Å². The van der Waals surface area contributed by atoms with Crippen LogP contribution in [0.1, 0.15) is 24.0 Å². The van der Waals surface area contributed by atoms with Gasteiger partial charge in [0.05, 0.1) is 0 Å². The molecule has 1 aromatic heterocycles. The Kier molecular flexibility index (Phi) is 3.75. The summed E-state index contributed by atoms with van der Waals surface area (Å²) in [7, 11) is 0. The van der Waals surface area contributed by atoms with Crippen LogP contribution in [0, 0.1) is 18.7 Å². The largest absolute Gasteiger partial charge is 0.473 e. The van der Waals surface area contributed by atoms with Crippen molar-refractivity contribution < 1.29 is 9.13 Å². The van der Waals surface area contributed by atoms with Crippen molar-refractivity contribution in [3.05, 3.63) is 51.7 Å². The van der Waals surface area contributed by atoms with Crippen LogP contribution >= 0.6 is 0 Å². The number of ether oxygens (including phenoxy) is 1. The van der Waals surface area contributed by atoms with Crippen molar-refractivity contribution in [1.29, 1.82) is 0 Å². The molecule has 4 rings (SSSR count). The van der Waals surface area contributed by atoms with E-state index in [1.807, 2.05) is 19.1 Å². The van der Waals surface area contributed by atoms with Gasteiger partial charge in [0.1, 0.15) is 18.2 Å². The third-order valence-electron chi connectivity index (χ3n) is 4.74. The molecule has 0 N–H and O–H groups in total. The van der Waals surface area contributed by atoms with E-state index in [2.05, 4.69) is 9.88 Å². The van der Waals surface area contributed by atoms with Crippen LogP contribution in [0.2, 0.25) is 0 Å². The zero-order valence-corrected chi connectivity index (χ0v) is 13.7. The summed E-state index contributed by atoms with van der Waals surface area (Å²) in [6.45, 7) is 4.72. The normalized spacial score (nSPS) is 19.1. The third kappa shape index (κ3) is 2.88. The summed E-state index contributed by atoms with van der Waals surface area (Å²) < 4.78 is 20.9. The first-order chi connectivity index (χ1) is 11.6. The molecule has 0 aliphatic carbocycles. The standard InChI is InChI=1S/C18H20FN3O2/c1-12-5-14(7-15(19)6-12)11-24-16-8-17-21-4-2-3-13(9-21)10-22(17)18(23)20-16/h5-8,13H,2-4,9-11H2,1H3/t13-/m1/s1. The molecule has 0 radical (unpaired) electrons. The summed E-state index contributed by atoms with van der Waals surface area (Å²) in [6.07, 6.45) is 2.32. The molecule has 2 bridgehead atoms. The number of hydrogen-bond acceptors (Lipinski definition) is 4. The van der Waals surface area contributed by atoms with E-state index in [1.54, 1.807) is 4.57 Å². The molecule has 0 spiro atoms. The number of nitrogens with zero attached hydrogens (tertiary/aromatic N) is 3. The number of anilines is 1. The monoisotopic (exact) mass is 329 g/mol. The smallest absolute Gasteiger partial charge is 0.352 e. The van der Waals surface area contributed by atoms with Gasteiger partial charge in [-0.25, -0.2) is 9.18 Å². The number of aryl methyl sites for hydroxylation is 1. The Balaban J connectivity index is 1.58. The topological polar surface area (TPSA) is 47.4 Å². The lowest BCUT2D eigenvalue weighted by atomic mass is 9.96. The van der Waals surface area contributed by atoms with Crippen molar-refractivity contribution in [3.63, 3.8) is 0 Å². The highest BCUT2D eigenvalue weighted by Crippen LogP contribution is 2.30. The third-order valence-corrected chi connectivity index (χ3v) is 4.74. The minimum absolute atomic E-state index is 0.192. The Morgan fingerprint density at radius 3 is 3.00 bits per heavy atom. The predicted octanol–water partition coefficient (Wildman–Crippen LogP) is 2.50. The molecule has 24 heavy (non-hydrogen) atoms. The highest BCUT2D eigenvalue weighted by Gasteiger charge is 2.29. The number of aromatic nitrogens is 2. The summed E-state index contributed by atoms with van der Waals surface area (Å²) in [6, 6.07) is 6.60. The van der Waals surface area contributed by atoms with Gasteiger partial charge in [0.15, 0.2) is 0 Å². The Labute approximate surface area is 139 Å². The van der Waals surface area contributed by atoms with Crippen molar-refractivity contribution in [1.82, 2.24) is 9.55 Å². The molecule has 0 unspecified atom stereocenters. The van der Waals surface area contributed by atoms with Gasteiger partial charge in [-0.3, -0.25) is 4.57 Å². The van der Waals surface area contributed by atoms with Gasteiger partial charge < -0.3 is 9.64 Å². The first kappa shape index (κ1) is 15.2. The molecule has 1 atom stereocenters. The van der Waals surface area contributed by atoms with Crippen molar-refractivity contribution in [3.8, 4) is 5.88 Å². The number of fused-ring (bicyclic) bond motifs is 4. The van der Waals surface area contributed by atoms with Crippen LogP contribution in [-0.4, -0.2) is 22.6 Å². The maximum Gasteiger partial charge on any atom is 0.352 e. The molecule has 0 amide bonds. The minimum atomic E-state index is -0.286. The highest BCUT2D eigenvalue weighted by atomic mass is 19.1. The van der Waals surface area contributed by atoms with Gasteiger partial charge in [0.25, 0.3) is 0 Å². The quantitative estimate of drug-likeness (QED) is 0.868. The van der Waals surface area contributed by atoms with Crippen LogP contribution in [0.4, 0.5) is 10.2 Å². The van der Waals surface area contributed by atoms with Crippen LogP contribution in [0.15, 0.2) is 29.1 Å². The van der Waals surface area contributed by atoms with E-state index < -0.39 is 0 Å². The van der Waals surface area contributed by atoms with Crippen LogP contribution in [0.25, 0.3) is 0 Å². The van der Waals surface area contributed by atoms with Crippen LogP contribution in [0.5, 0.6) is 5.88 Å². The molecule has 2 aromatic rings. The molecule has 1 saturated heterocycles. The summed E-state index contributed by atoms with van der Waals surface area (Å²) in [5.41, 5.74) is 1.30. The number of benzene rings is 1. The maximum absolute atomic E-state index is 13.5. The second kappa shape index (κ2) is 5.92. The van der Waals surface area contributed by atoms with Gasteiger partial charge in [-0.05, 0) is 48.9 Å². The molecule has 2 aliphatic rings. The van der Waals surface area contributed by atoms with E-state index in [-0.39, 0.29) is 18.1 Å². The second-order valence-corrected chi connectivity index (χ2v) is 6.73. The Morgan fingerprint density at radius 1 is 1.29 bits per heavy atom. The van der Waals surface area contributed by atoms with Crippen molar-refractivity contribution in [2.75, 3.05) is 18.0 Å². The second-order valence-electron chi connectivity index (χ2n) is 6.73. The number of halogens is 1. The fourth-order valence-electron chi connectivity index (χ4n) is 3.71. The molecule has 1 aromatic carbocycles. The molecule has 0 saturated carbocycles. The fraction of sp³-hybridized carbons (Fsp3) is 0.444. The lowest BCUT2D eigenvalue weighted by molar-refractivity contribution is 0.283. The van der Waals surface area contributed by atoms with Gasteiger partial charge in [0.2, 0.25) is 5.88 Å². The van der Waals surface area contributed by atoms with E-state index in [9.17, 15) is 9.18 Å². The SMILES string of the molecule is Cc1cc(F)cc(COc2cc3n(c(=O)n2)C[C@@H]2CCCN3C2)c1. The number of hydrogen-bond donors (Lipinski definition) is 0. The Hall–Kier alpha value is -2.37. The van der Waals surface area contributed by atoms with E-state index >= 15 is 0 Å². The molecule has 2 aliphatic heterocycles. The van der Waals surface area contributed by atoms with E-state index in [4.69, 9.17) is 4.74 Å². The van der Waals surface area contributed by atoms with Crippen molar-refractivity contribution in [2.24, 2.45) is 5.92 Å². The number of piperidine rings is 1. The van der Waals surface area contributed by atoms with Gasteiger partial charge >= 0.3 is 5.69 Å². The average Bonchev–Trinajstić information content (AvgIpc) is 2.54. The number of rotatable bonds is 3. The zero-order chi connectivity index (χ0) is 16.7. The van der Waals surface area contributed by atoms with E-state index in [0.717, 1.165) is 43.0 Å². The first-order valence-corrected chi connectivity index (χ1v) is 8.34. The lowest BCUT2D eigenvalue weighted by Crippen LogP contribution is -2.46. The average molecular weight is 329 g/mol. The van der Waals surface area contributed by atoms with Gasteiger partial charge in [-0.15, -0.1) is 0 Å². The van der Waals surface area contributed by atoms with Crippen LogP contribution < -0.4 is 15.3 Å². The summed E-state index contributed by atoms with van der Waals surface area (Å²) >= 11 is 0. The van der Waals surface area contributed by atoms with E-state index in [0.29, 0.717) is 11.8 Å². The molecule has 6 heteroatoms. The molecular formula is C18H20FN3O2. The maximum atomic E-state index is 13.5. The molecule has 126 valence electrons. The van der Waals surface area contributed by atoms with Gasteiger partial charge in [-0.2, -0.15) is 4.98 Å². The highest BCUT2D eigenvalue weighted by molar-refractivity contribution is 5.44. The van der Waals surface area contributed by atoms with E-state index in [1.165, 1.54) is 18.6 Å². The fourth-order valence-corrected chi connectivity index (χ4v) is 3.71. The van der Waals surface area contributed by atoms with Crippen LogP contribution in [0.3, 0.4) is 0 Å². The summed E-state index contributed by atoms with van der Waals surface area (Å²) in [4.78, 5) is 18.6. The summed E-state index contributed by atoms with van der Waals surface area (Å²) in [5, 5.41) is 0. The Bertz CT molecular complexity index is 813. The zero-order valence-electron chi connectivity index (χ0n) is 13.7. The Morgan fingerprint density at radius 2 is 2.17 bits per heavy atom. The lowest BCUT2D eigenvalue weighted by Gasteiger charge is -2.40. The van der Waals surface area contributed by atoms with Crippen molar-refractivity contribution >= 4 is 5.82 Å².